The van der Waals surface area contributed by atoms with Crippen LogP contribution in [0.2, 0.25) is 0 Å². The number of aliphatic hydroxyl groups excluding tert-OH is 1. The number of piperidine rings is 2. The number of likely N-dealkylation sites (tertiary alicyclic amines) is 2. The van der Waals surface area contributed by atoms with E-state index in [0.29, 0.717) is 29.5 Å². The molecule has 2 N–H and O–H groups in total. The number of rotatable bonds is 0. The van der Waals surface area contributed by atoms with Crippen molar-refractivity contribution in [3.8, 4) is 17.2 Å². The van der Waals surface area contributed by atoms with E-state index in [1.165, 1.54) is 17.2 Å². The first-order valence-electron chi connectivity index (χ1n) is 15.4. The lowest BCUT2D eigenvalue weighted by molar-refractivity contribution is -0.0455. The quantitative estimate of drug-likeness (QED) is 0.467. The van der Waals surface area contributed by atoms with E-state index in [4.69, 9.17) is 9.47 Å². The molecular weight excluding hydrogens is 538 g/mol. The first-order chi connectivity index (χ1) is 20.3. The Hall–Kier alpha value is -2.94. The molecule has 0 amide bonds. The second-order valence-corrected chi connectivity index (χ2v) is 13.8. The average Bonchev–Trinajstić information content (AvgIpc) is 3.52. The van der Waals surface area contributed by atoms with E-state index in [9.17, 15) is 19.0 Å². The largest absolute Gasteiger partial charge is 0.504 e. The molecule has 0 saturated carbocycles. The summed E-state index contributed by atoms with van der Waals surface area (Å²) in [4.78, 5) is 4.79. The van der Waals surface area contributed by atoms with Crippen LogP contribution in [-0.2, 0) is 23.7 Å². The van der Waals surface area contributed by atoms with Gasteiger partial charge in [-0.1, -0.05) is 36.4 Å². The molecule has 8 heteroatoms. The van der Waals surface area contributed by atoms with Crippen LogP contribution in [0.4, 0.5) is 8.78 Å². The van der Waals surface area contributed by atoms with Gasteiger partial charge in [0.15, 0.2) is 29.2 Å². The molecule has 10 rings (SSSR count). The van der Waals surface area contributed by atoms with Gasteiger partial charge >= 0.3 is 0 Å². The smallest absolute Gasteiger partial charge is 0.165 e. The third-order valence-corrected chi connectivity index (χ3v) is 12.2. The number of hydrogen-bond acceptors (Lipinski definition) is 6. The summed E-state index contributed by atoms with van der Waals surface area (Å²) >= 11 is 0. The van der Waals surface area contributed by atoms with Crippen LogP contribution in [0.5, 0.6) is 17.2 Å². The van der Waals surface area contributed by atoms with E-state index in [1.807, 2.05) is 18.2 Å². The minimum absolute atomic E-state index is 0.154. The molecule has 0 radical (unpaired) electrons. The zero-order chi connectivity index (χ0) is 28.7. The summed E-state index contributed by atoms with van der Waals surface area (Å²) < 4.78 is 40.7. The lowest BCUT2D eigenvalue weighted by Gasteiger charge is -2.56. The Morgan fingerprint density at radius 1 is 0.786 bits per heavy atom. The van der Waals surface area contributed by atoms with Crippen molar-refractivity contribution in [1.82, 2.24) is 9.80 Å². The average molecular weight is 575 g/mol. The minimum Gasteiger partial charge on any atom is -0.504 e. The van der Waals surface area contributed by atoms with Crippen molar-refractivity contribution in [2.45, 2.75) is 73.1 Å². The Kier molecular flexibility index (Phi) is 5.09. The fourth-order valence-corrected chi connectivity index (χ4v) is 10.4. The zero-order valence-electron chi connectivity index (χ0n) is 23.8. The van der Waals surface area contributed by atoms with Crippen LogP contribution in [-0.4, -0.2) is 83.8 Å². The fraction of sp³-hybridized carbons (Fsp3) is 0.529. The predicted octanol–water partition coefficient (Wildman–Crippen LogP) is 3.81. The molecule has 2 aromatic rings. The Morgan fingerprint density at radius 3 is 2.05 bits per heavy atom. The second kappa shape index (κ2) is 8.36. The topological polar surface area (TPSA) is 65.4 Å². The van der Waals surface area contributed by atoms with Crippen molar-refractivity contribution in [2.24, 2.45) is 11.8 Å². The maximum absolute atomic E-state index is 14.5. The van der Waals surface area contributed by atoms with Crippen molar-refractivity contribution < 1.29 is 28.5 Å². The molecule has 4 heterocycles. The molecule has 2 aromatic carbocycles. The van der Waals surface area contributed by atoms with Gasteiger partial charge in [-0.2, -0.15) is 0 Å². The van der Waals surface area contributed by atoms with Gasteiger partial charge in [0.2, 0.25) is 0 Å². The van der Waals surface area contributed by atoms with Crippen molar-refractivity contribution >= 4 is 0 Å². The summed E-state index contributed by atoms with van der Waals surface area (Å²) in [6.45, 7) is 1.92. The van der Waals surface area contributed by atoms with Gasteiger partial charge in [0.05, 0.1) is 0 Å². The van der Waals surface area contributed by atoms with Gasteiger partial charge in [-0.3, -0.25) is 0 Å². The Labute approximate surface area is 244 Å². The minimum atomic E-state index is -1.09. The van der Waals surface area contributed by atoms with E-state index < -0.39 is 18.4 Å². The predicted molar refractivity (Wildman–Crippen MR) is 152 cm³/mol. The van der Waals surface area contributed by atoms with Crippen molar-refractivity contribution in [3.05, 3.63) is 76.6 Å². The van der Waals surface area contributed by atoms with Crippen molar-refractivity contribution in [3.63, 3.8) is 0 Å². The molecule has 10 atom stereocenters. The van der Waals surface area contributed by atoms with E-state index in [2.05, 4.69) is 36.0 Å². The highest BCUT2D eigenvalue weighted by Crippen LogP contribution is 2.63. The number of nitrogens with zero attached hydrogens (tertiary/aromatic N) is 2. The Bertz CT molecular complexity index is 1460. The maximum Gasteiger partial charge on any atom is 0.165 e. The number of halogens is 2. The van der Waals surface area contributed by atoms with Gasteiger partial charge in [0, 0.05) is 45.9 Å². The molecule has 4 bridgehead atoms. The molecule has 0 aromatic heterocycles. The number of aromatic hydroxyl groups is 1. The summed E-state index contributed by atoms with van der Waals surface area (Å²) in [5.74, 6) is 1.39. The summed E-state index contributed by atoms with van der Waals surface area (Å²) in [5.41, 5.74) is 4.03. The highest BCUT2D eigenvalue weighted by atomic mass is 19.1. The molecule has 4 aliphatic carbocycles. The monoisotopic (exact) mass is 574 g/mol. The summed E-state index contributed by atoms with van der Waals surface area (Å²) in [6, 6.07) is 7.93. The van der Waals surface area contributed by atoms with E-state index in [0.717, 1.165) is 49.9 Å². The third-order valence-electron chi connectivity index (χ3n) is 12.2. The van der Waals surface area contributed by atoms with Crippen LogP contribution in [0, 0.1) is 17.7 Å². The van der Waals surface area contributed by atoms with Crippen LogP contribution in [0.1, 0.15) is 35.1 Å². The van der Waals surface area contributed by atoms with Crippen LogP contribution in [0.15, 0.2) is 48.6 Å². The number of ether oxygens (including phenoxy) is 2. The summed E-state index contributed by atoms with van der Waals surface area (Å²) in [7, 11) is 4.32. The highest BCUT2D eigenvalue weighted by Gasteiger charge is 2.65. The van der Waals surface area contributed by atoms with Gasteiger partial charge in [-0.05, 0) is 76.1 Å². The summed E-state index contributed by atoms with van der Waals surface area (Å²) in [5, 5.41) is 20.6. The molecule has 8 aliphatic rings. The van der Waals surface area contributed by atoms with Gasteiger partial charge in [-0.25, -0.2) is 8.78 Å². The van der Waals surface area contributed by atoms with Gasteiger partial charge < -0.3 is 29.5 Å². The number of phenolic OH excluding ortho intramolecular Hbond substituents is 1. The molecule has 42 heavy (non-hydrogen) atoms. The summed E-state index contributed by atoms with van der Waals surface area (Å²) in [6.07, 6.45) is 8.84. The second-order valence-electron chi connectivity index (χ2n) is 13.8. The zero-order valence-corrected chi connectivity index (χ0v) is 23.8. The molecule has 2 spiro atoms. The Balaban J connectivity index is 0.000000119. The maximum atomic E-state index is 14.5. The van der Waals surface area contributed by atoms with Gasteiger partial charge in [0.1, 0.15) is 18.3 Å². The number of likely N-dealkylation sites (N-methyl/N-ethyl adjacent to an activating group) is 2. The fourth-order valence-electron chi connectivity index (χ4n) is 10.4. The molecule has 4 aliphatic heterocycles. The molecule has 0 unspecified atom stereocenters. The van der Waals surface area contributed by atoms with E-state index >= 15 is 0 Å². The van der Waals surface area contributed by atoms with E-state index in [-0.39, 0.29) is 34.4 Å². The van der Waals surface area contributed by atoms with Crippen LogP contribution in [0.25, 0.3) is 0 Å². The molecule has 6 nitrogen and oxygen atoms in total. The van der Waals surface area contributed by atoms with Gasteiger partial charge in [-0.15, -0.1) is 0 Å². The van der Waals surface area contributed by atoms with Crippen molar-refractivity contribution in [2.75, 3.05) is 27.2 Å². The molecule has 220 valence electrons. The lowest BCUT2D eigenvalue weighted by atomic mass is 9.53. The van der Waals surface area contributed by atoms with Crippen molar-refractivity contribution in [1.29, 1.82) is 0 Å². The first-order valence-corrected chi connectivity index (χ1v) is 15.4. The Morgan fingerprint density at radius 2 is 1.36 bits per heavy atom. The third kappa shape index (κ3) is 2.89. The molecular formula is C34H36F2N2O4. The SMILES string of the molecule is CN1CC[C@]23c4c5ccc(F)c4O[C@H]2[C@@H](O)C=C[C@H]3[C@H]1C5.CN1CC[C@]23c4c5ccc(O)c4O[C@H]2[C@@H](F)C=C[C@H]3[C@H]1C5. The standard InChI is InChI=1S/2C17H18FNO2/c1-19-7-6-17-10-3-4-11(18)16(17)21-15-13(20)5-2-9(14(15)17)8-12(10)19;1-19-7-6-17-10-3-5-13(20)16(17)21-15-11(18)4-2-9(14(15)17)8-12(10)19/h2-5,10-12,16,20H,6-8H2,1H3;2-5,10,12-13,16,20H,6-8H2,1H3/t10-,11-,12+,16-,17-;10-,12+,13-,16-,17-/m00/s1. The van der Waals surface area contributed by atoms with Crippen LogP contribution < -0.4 is 9.47 Å². The number of hydrogen-bond donors (Lipinski definition) is 2. The van der Waals surface area contributed by atoms with Crippen LogP contribution in [0.3, 0.4) is 0 Å². The number of phenols is 1. The number of aliphatic hydroxyl groups is 1. The molecule has 2 saturated heterocycles. The molecule has 2 fully saturated rings. The van der Waals surface area contributed by atoms with E-state index in [1.54, 1.807) is 12.1 Å². The number of benzene rings is 2. The normalized spacial score (nSPS) is 42.6. The highest BCUT2D eigenvalue weighted by molar-refractivity contribution is 5.62. The van der Waals surface area contributed by atoms with Gasteiger partial charge in [0.25, 0.3) is 0 Å². The lowest BCUT2D eigenvalue weighted by Crippen LogP contribution is -2.64. The number of alkyl halides is 1. The van der Waals surface area contributed by atoms with Crippen LogP contribution >= 0.6 is 0 Å². The first kappa shape index (κ1) is 25.5.